The van der Waals surface area contributed by atoms with Gasteiger partial charge in [0.05, 0.1) is 24.0 Å². The molecule has 0 heterocycles. The number of carbonyl (C=O) groups excluding carboxylic acids is 1. The molecule has 0 aliphatic rings. The SMILES string of the molecule is COc1ccc(Br)c(C(=O)Nc2ccccc2N(C)Cc2ccccc2)c1. The van der Waals surface area contributed by atoms with Gasteiger partial charge in [-0.25, -0.2) is 0 Å². The smallest absolute Gasteiger partial charge is 0.257 e. The highest BCUT2D eigenvalue weighted by atomic mass is 79.9. The number of nitrogens with one attached hydrogen (secondary N) is 1. The zero-order valence-corrected chi connectivity index (χ0v) is 16.9. The van der Waals surface area contributed by atoms with Crippen LogP contribution < -0.4 is 15.0 Å². The minimum absolute atomic E-state index is 0.193. The highest BCUT2D eigenvalue weighted by Gasteiger charge is 2.15. The lowest BCUT2D eigenvalue weighted by molar-refractivity contribution is 0.102. The molecule has 0 aliphatic heterocycles. The van der Waals surface area contributed by atoms with Crippen molar-refractivity contribution in [2.45, 2.75) is 6.54 Å². The van der Waals surface area contributed by atoms with Crippen LogP contribution in [0, 0.1) is 0 Å². The Morgan fingerprint density at radius 3 is 2.48 bits per heavy atom. The molecule has 5 heteroatoms. The van der Waals surface area contributed by atoms with Crippen LogP contribution in [-0.4, -0.2) is 20.1 Å². The molecule has 1 N–H and O–H groups in total. The molecule has 0 spiro atoms. The molecule has 138 valence electrons. The molecule has 0 aromatic heterocycles. The zero-order valence-electron chi connectivity index (χ0n) is 15.3. The fraction of sp³-hybridized carbons (Fsp3) is 0.136. The fourth-order valence-electron chi connectivity index (χ4n) is 2.85. The van der Waals surface area contributed by atoms with Crippen LogP contribution in [0.5, 0.6) is 5.75 Å². The largest absolute Gasteiger partial charge is 0.497 e. The van der Waals surface area contributed by atoms with Crippen molar-refractivity contribution in [1.82, 2.24) is 0 Å². The van der Waals surface area contributed by atoms with Crippen LogP contribution in [0.4, 0.5) is 11.4 Å². The molecular formula is C22H21BrN2O2. The number of carbonyl (C=O) groups is 1. The predicted octanol–water partition coefficient (Wildman–Crippen LogP) is 5.35. The van der Waals surface area contributed by atoms with Gasteiger partial charge in [0.15, 0.2) is 0 Å². The molecule has 0 fully saturated rings. The Morgan fingerprint density at radius 1 is 1.04 bits per heavy atom. The highest BCUT2D eigenvalue weighted by molar-refractivity contribution is 9.10. The minimum atomic E-state index is -0.193. The maximum atomic E-state index is 12.8. The van der Waals surface area contributed by atoms with Gasteiger partial charge in [-0.15, -0.1) is 0 Å². The van der Waals surface area contributed by atoms with Crippen LogP contribution >= 0.6 is 15.9 Å². The number of nitrogens with zero attached hydrogens (tertiary/aromatic N) is 1. The van der Waals surface area contributed by atoms with Crippen molar-refractivity contribution in [3.8, 4) is 5.75 Å². The van der Waals surface area contributed by atoms with Gasteiger partial charge in [0, 0.05) is 18.1 Å². The molecule has 0 saturated heterocycles. The average molecular weight is 425 g/mol. The van der Waals surface area contributed by atoms with Crippen LogP contribution in [0.3, 0.4) is 0 Å². The predicted molar refractivity (Wildman–Crippen MR) is 114 cm³/mol. The normalized spacial score (nSPS) is 10.3. The molecule has 3 aromatic carbocycles. The molecule has 27 heavy (non-hydrogen) atoms. The first-order valence-electron chi connectivity index (χ1n) is 8.57. The van der Waals surface area contributed by atoms with Gasteiger partial charge in [-0.2, -0.15) is 0 Å². The first kappa shape index (κ1) is 19.0. The van der Waals surface area contributed by atoms with Gasteiger partial charge < -0.3 is 15.0 Å². The third-order valence-corrected chi connectivity index (χ3v) is 4.94. The molecule has 0 unspecified atom stereocenters. The van der Waals surface area contributed by atoms with Gasteiger partial charge in [0.1, 0.15) is 5.75 Å². The molecule has 0 aliphatic carbocycles. The highest BCUT2D eigenvalue weighted by Crippen LogP contribution is 2.28. The second-order valence-corrected chi connectivity index (χ2v) is 7.01. The lowest BCUT2D eigenvalue weighted by atomic mass is 10.1. The fourth-order valence-corrected chi connectivity index (χ4v) is 3.28. The third kappa shape index (κ3) is 4.68. The number of hydrogen-bond donors (Lipinski definition) is 1. The Bertz CT molecular complexity index is 929. The van der Waals surface area contributed by atoms with Gasteiger partial charge in [0.2, 0.25) is 0 Å². The van der Waals surface area contributed by atoms with Gasteiger partial charge in [-0.1, -0.05) is 42.5 Å². The molecule has 1 amide bonds. The summed E-state index contributed by atoms with van der Waals surface area (Å²) in [7, 11) is 3.60. The van der Waals surface area contributed by atoms with E-state index >= 15 is 0 Å². The van der Waals surface area contributed by atoms with Crippen molar-refractivity contribution >= 4 is 33.2 Å². The summed E-state index contributed by atoms with van der Waals surface area (Å²) in [6.45, 7) is 0.747. The van der Waals surface area contributed by atoms with Crippen LogP contribution in [-0.2, 0) is 6.54 Å². The number of para-hydroxylation sites is 2. The Balaban J connectivity index is 1.83. The Hall–Kier alpha value is -2.79. The summed E-state index contributed by atoms with van der Waals surface area (Å²) >= 11 is 3.44. The summed E-state index contributed by atoms with van der Waals surface area (Å²) in [4.78, 5) is 14.9. The summed E-state index contributed by atoms with van der Waals surface area (Å²) in [5.74, 6) is 0.444. The molecule has 0 atom stereocenters. The van der Waals surface area contributed by atoms with E-state index in [0.717, 1.165) is 22.4 Å². The van der Waals surface area contributed by atoms with E-state index < -0.39 is 0 Å². The Morgan fingerprint density at radius 2 is 1.74 bits per heavy atom. The molecule has 0 bridgehead atoms. The van der Waals surface area contributed by atoms with E-state index in [9.17, 15) is 4.79 Å². The first-order valence-corrected chi connectivity index (χ1v) is 9.37. The maximum Gasteiger partial charge on any atom is 0.257 e. The monoisotopic (exact) mass is 424 g/mol. The molecule has 0 radical (unpaired) electrons. The van der Waals surface area contributed by atoms with Crippen molar-refractivity contribution in [2.24, 2.45) is 0 Å². The first-order chi connectivity index (χ1) is 13.1. The zero-order chi connectivity index (χ0) is 19.2. The minimum Gasteiger partial charge on any atom is -0.497 e. The van der Waals surface area contributed by atoms with E-state index in [1.54, 1.807) is 19.2 Å². The third-order valence-electron chi connectivity index (χ3n) is 4.24. The van der Waals surface area contributed by atoms with E-state index in [1.807, 2.05) is 55.6 Å². The van der Waals surface area contributed by atoms with Gasteiger partial charge in [0.25, 0.3) is 5.91 Å². The number of ether oxygens (including phenoxy) is 1. The van der Waals surface area contributed by atoms with Crippen LogP contribution in [0.2, 0.25) is 0 Å². The second-order valence-electron chi connectivity index (χ2n) is 6.16. The Kier molecular flexibility index (Phi) is 6.14. The van der Waals surface area contributed by atoms with E-state index in [0.29, 0.717) is 11.3 Å². The lowest BCUT2D eigenvalue weighted by Crippen LogP contribution is -2.20. The standard InChI is InChI=1S/C22H21BrN2O2/c1-25(15-16-8-4-3-5-9-16)21-11-7-6-10-20(21)24-22(26)18-14-17(27-2)12-13-19(18)23/h3-14H,15H2,1-2H3,(H,24,26). The lowest BCUT2D eigenvalue weighted by Gasteiger charge is -2.23. The summed E-state index contributed by atoms with van der Waals surface area (Å²) in [6, 6.07) is 23.3. The molecule has 3 rings (SSSR count). The van der Waals surface area contributed by atoms with Gasteiger partial charge >= 0.3 is 0 Å². The Labute approximate surface area is 167 Å². The number of methoxy groups -OCH3 is 1. The van der Waals surface area contributed by atoms with E-state index in [-0.39, 0.29) is 5.91 Å². The second kappa shape index (κ2) is 8.73. The van der Waals surface area contributed by atoms with Crippen molar-refractivity contribution in [3.05, 3.63) is 88.4 Å². The molecule has 3 aromatic rings. The van der Waals surface area contributed by atoms with E-state index in [1.165, 1.54) is 5.56 Å². The van der Waals surface area contributed by atoms with Crippen molar-refractivity contribution < 1.29 is 9.53 Å². The summed E-state index contributed by atoms with van der Waals surface area (Å²) in [6.07, 6.45) is 0. The van der Waals surface area contributed by atoms with Crippen LogP contribution in [0.1, 0.15) is 15.9 Å². The molecule has 4 nitrogen and oxygen atoms in total. The van der Waals surface area contributed by atoms with Crippen molar-refractivity contribution in [1.29, 1.82) is 0 Å². The number of benzene rings is 3. The van der Waals surface area contributed by atoms with Gasteiger partial charge in [-0.3, -0.25) is 4.79 Å². The van der Waals surface area contributed by atoms with Gasteiger partial charge in [-0.05, 0) is 51.8 Å². The molecule has 0 saturated carbocycles. The summed E-state index contributed by atoms with van der Waals surface area (Å²) < 4.78 is 5.95. The number of amides is 1. The molecular weight excluding hydrogens is 404 g/mol. The summed E-state index contributed by atoms with van der Waals surface area (Å²) in [5.41, 5.74) is 3.44. The number of anilines is 2. The summed E-state index contributed by atoms with van der Waals surface area (Å²) in [5, 5.41) is 3.02. The topological polar surface area (TPSA) is 41.6 Å². The van der Waals surface area contributed by atoms with Crippen LogP contribution in [0.25, 0.3) is 0 Å². The quantitative estimate of drug-likeness (QED) is 0.579. The van der Waals surface area contributed by atoms with Crippen molar-refractivity contribution in [3.63, 3.8) is 0 Å². The number of hydrogen-bond acceptors (Lipinski definition) is 3. The number of rotatable bonds is 6. The van der Waals surface area contributed by atoms with E-state index in [4.69, 9.17) is 4.74 Å². The van der Waals surface area contributed by atoms with Crippen molar-refractivity contribution in [2.75, 3.05) is 24.4 Å². The average Bonchev–Trinajstić information content (AvgIpc) is 2.69. The van der Waals surface area contributed by atoms with Crippen LogP contribution in [0.15, 0.2) is 77.3 Å². The number of halogens is 1. The van der Waals surface area contributed by atoms with E-state index in [2.05, 4.69) is 38.3 Å². The maximum absolute atomic E-state index is 12.8.